The first-order valence-electron chi connectivity index (χ1n) is 11.6. The molecule has 33 heavy (non-hydrogen) atoms. The van der Waals surface area contributed by atoms with Crippen LogP contribution in [0.5, 0.6) is 5.75 Å². The van der Waals surface area contributed by atoms with E-state index in [-0.39, 0.29) is 0 Å². The Bertz CT molecular complexity index is 826. The molecule has 0 radical (unpaired) electrons. The summed E-state index contributed by atoms with van der Waals surface area (Å²) >= 11 is 0. The standard InChI is InChI=1S/C11H14O.C11H14.C5H12.C3H6.C2H4/c1-4-9-6-5-7-10(12)11(9)8(2)3;1-4-5-11-7-6-9(2)8-10(11)3;1-5(2,3)4;1-3-2;1-2/h5-7,12H,2,4H2,1,3H3;4-8H,1-3H3;1-4H3;3H,1H2,2H3;1-2H2/b;5-4-;;;. The number of hydrogen-bond acceptors (Lipinski definition) is 1. The van der Waals surface area contributed by atoms with Gasteiger partial charge in [-0.3, -0.25) is 0 Å². The third-order valence-electron chi connectivity index (χ3n) is 3.71. The van der Waals surface area contributed by atoms with Crippen LogP contribution in [0.3, 0.4) is 0 Å². The largest absolute Gasteiger partial charge is 0.507 e. The Morgan fingerprint density at radius 1 is 1.00 bits per heavy atom. The predicted molar refractivity (Wildman–Crippen MR) is 155 cm³/mol. The summed E-state index contributed by atoms with van der Waals surface area (Å²) in [5, 5.41) is 9.53. The Hall–Kier alpha value is -2.80. The molecule has 0 aromatic heterocycles. The molecule has 0 aliphatic carbocycles. The zero-order valence-electron chi connectivity index (χ0n) is 23.2. The fraction of sp³-hybridized carbons (Fsp3) is 0.375. The normalized spacial score (nSPS) is 9.52. The monoisotopic (exact) mass is 450 g/mol. The van der Waals surface area contributed by atoms with Crippen LogP contribution in [0.2, 0.25) is 0 Å². The molecule has 0 heterocycles. The SMILES string of the molecule is C/C=C\c1ccc(C)cc1C.C=C.C=C(C)c1c(O)cccc1CC.C=CC.CC(C)(C)C. The molecule has 0 unspecified atom stereocenters. The Labute approximate surface area is 206 Å². The van der Waals surface area contributed by atoms with Crippen LogP contribution < -0.4 is 0 Å². The smallest absolute Gasteiger partial charge is 0.123 e. The fourth-order valence-corrected chi connectivity index (χ4v) is 2.57. The van der Waals surface area contributed by atoms with Crippen molar-refractivity contribution in [2.24, 2.45) is 5.41 Å². The summed E-state index contributed by atoms with van der Waals surface area (Å²) in [7, 11) is 0. The summed E-state index contributed by atoms with van der Waals surface area (Å²) < 4.78 is 0. The van der Waals surface area contributed by atoms with Gasteiger partial charge in [0.15, 0.2) is 0 Å². The topological polar surface area (TPSA) is 20.2 Å². The molecule has 1 N–H and O–H groups in total. The maximum absolute atomic E-state index is 9.53. The number of phenolic OH excluding ortho intramolecular Hbond substituents is 1. The molecule has 0 bridgehead atoms. The predicted octanol–water partition coefficient (Wildman–Crippen LogP) is 10.4. The molecule has 0 saturated carbocycles. The number of rotatable bonds is 3. The van der Waals surface area contributed by atoms with Gasteiger partial charge in [0.1, 0.15) is 5.75 Å². The van der Waals surface area contributed by atoms with Crippen LogP contribution >= 0.6 is 0 Å². The molecule has 0 atom stereocenters. The molecule has 1 heteroatoms. The summed E-state index contributed by atoms with van der Waals surface area (Å²) in [5.41, 5.74) is 7.48. The lowest BCUT2D eigenvalue weighted by atomic mass is 9.99. The second-order valence-electron chi connectivity index (χ2n) is 9.21. The summed E-state index contributed by atoms with van der Waals surface area (Å²) in [4.78, 5) is 0. The van der Waals surface area contributed by atoms with Crippen molar-refractivity contribution in [3.8, 4) is 5.75 Å². The fourth-order valence-electron chi connectivity index (χ4n) is 2.57. The first-order chi connectivity index (χ1) is 15.3. The van der Waals surface area contributed by atoms with Crippen LogP contribution in [0.4, 0.5) is 0 Å². The Morgan fingerprint density at radius 3 is 1.82 bits per heavy atom. The van der Waals surface area contributed by atoms with Crippen molar-refractivity contribution in [1.29, 1.82) is 0 Å². The molecular formula is C32H50O. The highest BCUT2D eigenvalue weighted by Gasteiger charge is 2.05. The number of allylic oxidation sites excluding steroid dienone is 3. The van der Waals surface area contributed by atoms with Crippen molar-refractivity contribution in [2.75, 3.05) is 0 Å². The molecule has 184 valence electrons. The van der Waals surface area contributed by atoms with Crippen molar-refractivity contribution in [3.05, 3.63) is 103 Å². The molecule has 0 amide bonds. The minimum Gasteiger partial charge on any atom is -0.507 e. The zero-order valence-corrected chi connectivity index (χ0v) is 23.2. The van der Waals surface area contributed by atoms with Gasteiger partial charge in [0.25, 0.3) is 0 Å². The maximum atomic E-state index is 9.53. The second-order valence-corrected chi connectivity index (χ2v) is 9.21. The summed E-state index contributed by atoms with van der Waals surface area (Å²) in [6.45, 7) is 34.1. The average molecular weight is 451 g/mol. The van der Waals surface area contributed by atoms with Gasteiger partial charge in [-0.15, -0.1) is 19.7 Å². The van der Waals surface area contributed by atoms with E-state index in [1.165, 1.54) is 16.7 Å². The van der Waals surface area contributed by atoms with E-state index >= 15 is 0 Å². The summed E-state index contributed by atoms with van der Waals surface area (Å²) in [6, 6.07) is 12.1. The van der Waals surface area contributed by atoms with Crippen LogP contribution in [0, 0.1) is 19.3 Å². The lowest BCUT2D eigenvalue weighted by Crippen LogP contribution is -1.93. The van der Waals surface area contributed by atoms with Gasteiger partial charge in [-0.25, -0.2) is 0 Å². The van der Waals surface area contributed by atoms with Gasteiger partial charge in [0.05, 0.1) is 0 Å². The second kappa shape index (κ2) is 19.9. The Morgan fingerprint density at radius 2 is 1.48 bits per heavy atom. The number of aromatic hydroxyl groups is 1. The van der Waals surface area contributed by atoms with Gasteiger partial charge in [0, 0.05) is 5.56 Å². The Kier molecular flexibility index (Phi) is 20.9. The van der Waals surface area contributed by atoms with Crippen molar-refractivity contribution >= 4 is 11.6 Å². The molecule has 0 aliphatic rings. The van der Waals surface area contributed by atoms with Crippen molar-refractivity contribution in [1.82, 2.24) is 0 Å². The number of phenols is 1. The zero-order chi connectivity index (χ0) is 26.6. The van der Waals surface area contributed by atoms with Crippen molar-refractivity contribution in [3.63, 3.8) is 0 Å². The van der Waals surface area contributed by atoms with Gasteiger partial charge in [-0.05, 0) is 74.8 Å². The van der Waals surface area contributed by atoms with Gasteiger partial charge >= 0.3 is 0 Å². The molecule has 0 spiro atoms. The molecule has 0 aliphatic heterocycles. The van der Waals surface area contributed by atoms with Crippen molar-refractivity contribution < 1.29 is 5.11 Å². The lowest BCUT2D eigenvalue weighted by Gasteiger charge is -2.08. The average Bonchev–Trinajstić information content (AvgIpc) is 2.71. The van der Waals surface area contributed by atoms with Gasteiger partial charge in [-0.2, -0.15) is 0 Å². The quantitative estimate of drug-likeness (QED) is 0.461. The third-order valence-corrected chi connectivity index (χ3v) is 3.71. The lowest BCUT2D eigenvalue weighted by molar-refractivity contribution is 0.469. The highest BCUT2D eigenvalue weighted by molar-refractivity contribution is 5.69. The minimum atomic E-state index is 0.335. The number of benzene rings is 2. The van der Waals surface area contributed by atoms with E-state index in [1.807, 2.05) is 32.9 Å². The van der Waals surface area contributed by atoms with Crippen LogP contribution in [0.25, 0.3) is 11.6 Å². The molecule has 2 aromatic carbocycles. The van der Waals surface area contributed by atoms with Gasteiger partial charge < -0.3 is 5.11 Å². The molecule has 1 nitrogen and oxygen atoms in total. The van der Waals surface area contributed by atoms with Gasteiger partial charge in [0.2, 0.25) is 0 Å². The molecule has 2 aromatic rings. The van der Waals surface area contributed by atoms with E-state index in [9.17, 15) is 5.11 Å². The minimum absolute atomic E-state index is 0.335. The Balaban J connectivity index is -0.000000394. The highest BCUT2D eigenvalue weighted by atomic mass is 16.3. The van der Waals surface area contributed by atoms with Crippen LogP contribution in [-0.4, -0.2) is 5.11 Å². The van der Waals surface area contributed by atoms with Crippen LogP contribution in [0.15, 0.2) is 74.9 Å². The van der Waals surface area contributed by atoms with Crippen LogP contribution in [-0.2, 0) is 6.42 Å². The summed E-state index contributed by atoms with van der Waals surface area (Å²) in [6.07, 6.45) is 6.88. The van der Waals surface area contributed by atoms with E-state index in [4.69, 9.17) is 0 Å². The number of aryl methyl sites for hydroxylation is 3. The van der Waals surface area contributed by atoms with E-state index < -0.39 is 0 Å². The van der Waals surface area contributed by atoms with E-state index in [0.717, 1.165) is 23.1 Å². The molecular weight excluding hydrogens is 400 g/mol. The maximum Gasteiger partial charge on any atom is 0.123 e. The van der Waals surface area contributed by atoms with Crippen molar-refractivity contribution in [2.45, 2.75) is 75.7 Å². The molecule has 0 saturated heterocycles. The van der Waals surface area contributed by atoms with Crippen LogP contribution in [0.1, 0.15) is 83.2 Å². The first-order valence-corrected chi connectivity index (χ1v) is 11.6. The molecule has 2 rings (SSSR count). The van der Waals surface area contributed by atoms with E-state index in [0.29, 0.717) is 11.2 Å². The molecule has 0 fully saturated rings. The van der Waals surface area contributed by atoms with E-state index in [2.05, 4.69) is 105 Å². The van der Waals surface area contributed by atoms with Gasteiger partial charge in [-0.1, -0.05) is 95.3 Å². The summed E-state index contributed by atoms with van der Waals surface area (Å²) in [5.74, 6) is 0.335. The third kappa shape index (κ3) is 19.6. The van der Waals surface area contributed by atoms with E-state index in [1.54, 1.807) is 12.1 Å². The number of hydrogen-bond donors (Lipinski definition) is 1. The highest BCUT2D eigenvalue weighted by Crippen LogP contribution is 2.27. The first kappa shape index (κ1) is 34.8.